The van der Waals surface area contributed by atoms with Crippen molar-refractivity contribution in [2.75, 3.05) is 40.5 Å². The van der Waals surface area contributed by atoms with Gasteiger partial charge in [-0.15, -0.1) is 0 Å². The van der Waals surface area contributed by atoms with Gasteiger partial charge in [0, 0.05) is 18.7 Å². The van der Waals surface area contributed by atoms with Crippen molar-refractivity contribution in [3.8, 4) is 11.5 Å². The van der Waals surface area contributed by atoms with E-state index in [4.69, 9.17) is 20.3 Å². The molecule has 1 unspecified atom stereocenters. The van der Waals surface area contributed by atoms with Gasteiger partial charge < -0.3 is 20.3 Å². The molecular formula is C15H26N2O3. The predicted octanol–water partition coefficient (Wildman–Crippen LogP) is 1.41. The van der Waals surface area contributed by atoms with Crippen LogP contribution in [-0.4, -0.2) is 50.5 Å². The lowest BCUT2D eigenvalue weighted by Crippen LogP contribution is -2.33. The maximum atomic E-state index is 9.10. The van der Waals surface area contributed by atoms with Crippen molar-refractivity contribution in [1.82, 2.24) is 4.90 Å². The highest BCUT2D eigenvalue weighted by Gasteiger charge is 2.21. The standard InChI is InChI=1S/C15H26N2O3/c1-4-10-20-15-12(6-5-7-14(15)19-3)13(11-16)17(2)8-9-18/h5-7,13,18H,4,8-11,16H2,1-3H3. The summed E-state index contributed by atoms with van der Waals surface area (Å²) in [5.74, 6) is 1.46. The lowest BCUT2D eigenvalue weighted by Gasteiger charge is -2.28. The summed E-state index contributed by atoms with van der Waals surface area (Å²) in [6.45, 7) is 3.81. The molecule has 0 heterocycles. The Bertz CT molecular complexity index is 399. The van der Waals surface area contributed by atoms with Crippen molar-refractivity contribution in [2.45, 2.75) is 19.4 Å². The van der Waals surface area contributed by atoms with Gasteiger partial charge in [-0.1, -0.05) is 19.1 Å². The van der Waals surface area contributed by atoms with Crippen LogP contribution in [0.25, 0.3) is 0 Å². The van der Waals surface area contributed by atoms with Crippen LogP contribution in [0.5, 0.6) is 11.5 Å². The van der Waals surface area contributed by atoms with Gasteiger partial charge in [-0.25, -0.2) is 0 Å². The number of hydrogen-bond acceptors (Lipinski definition) is 5. The van der Waals surface area contributed by atoms with Crippen molar-refractivity contribution in [3.05, 3.63) is 23.8 Å². The average molecular weight is 282 g/mol. The lowest BCUT2D eigenvalue weighted by atomic mass is 10.0. The number of likely N-dealkylation sites (N-methyl/N-ethyl adjacent to an activating group) is 1. The minimum absolute atomic E-state index is 0.0101. The molecule has 0 amide bonds. The fourth-order valence-electron chi connectivity index (χ4n) is 2.17. The number of hydrogen-bond donors (Lipinski definition) is 2. The molecule has 5 heteroatoms. The van der Waals surface area contributed by atoms with Crippen LogP contribution in [0.15, 0.2) is 18.2 Å². The summed E-state index contributed by atoms with van der Waals surface area (Å²) in [7, 11) is 3.57. The molecule has 5 nitrogen and oxygen atoms in total. The van der Waals surface area contributed by atoms with E-state index in [0.717, 1.165) is 17.7 Å². The van der Waals surface area contributed by atoms with Gasteiger partial charge in [0.2, 0.25) is 0 Å². The van der Waals surface area contributed by atoms with E-state index < -0.39 is 0 Å². The number of nitrogens with two attached hydrogens (primary N) is 1. The fourth-order valence-corrected chi connectivity index (χ4v) is 2.17. The first kappa shape index (κ1) is 16.8. The minimum Gasteiger partial charge on any atom is -0.493 e. The van der Waals surface area contributed by atoms with E-state index in [-0.39, 0.29) is 12.6 Å². The van der Waals surface area contributed by atoms with Gasteiger partial charge in [0.25, 0.3) is 0 Å². The number of methoxy groups -OCH3 is 1. The Labute approximate surface area is 121 Å². The molecule has 0 saturated carbocycles. The fraction of sp³-hybridized carbons (Fsp3) is 0.600. The zero-order chi connectivity index (χ0) is 15.0. The van der Waals surface area contributed by atoms with Crippen LogP contribution in [0.4, 0.5) is 0 Å². The molecule has 0 fully saturated rings. The van der Waals surface area contributed by atoms with Gasteiger partial charge in [0.1, 0.15) is 0 Å². The molecule has 0 aromatic heterocycles. The first-order chi connectivity index (χ1) is 9.69. The number of nitrogens with zero attached hydrogens (tertiary/aromatic N) is 1. The van der Waals surface area contributed by atoms with E-state index in [1.807, 2.05) is 30.1 Å². The Hall–Kier alpha value is -1.30. The number of aliphatic hydroxyl groups is 1. The zero-order valence-electron chi connectivity index (χ0n) is 12.6. The zero-order valence-corrected chi connectivity index (χ0v) is 12.6. The van der Waals surface area contributed by atoms with Crippen molar-refractivity contribution in [1.29, 1.82) is 0 Å². The Kier molecular flexibility index (Phi) is 7.36. The van der Waals surface area contributed by atoms with E-state index in [1.54, 1.807) is 7.11 Å². The SMILES string of the molecule is CCCOc1c(OC)cccc1C(CN)N(C)CCO. The summed E-state index contributed by atoms with van der Waals surface area (Å²) in [5.41, 5.74) is 6.90. The van der Waals surface area contributed by atoms with Crippen molar-refractivity contribution < 1.29 is 14.6 Å². The van der Waals surface area contributed by atoms with Gasteiger partial charge in [-0.2, -0.15) is 0 Å². The Morgan fingerprint density at radius 3 is 2.70 bits per heavy atom. The van der Waals surface area contributed by atoms with Gasteiger partial charge in [0.15, 0.2) is 11.5 Å². The van der Waals surface area contributed by atoms with E-state index in [0.29, 0.717) is 25.4 Å². The number of benzene rings is 1. The molecule has 0 saturated heterocycles. The van der Waals surface area contributed by atoms with Crippen LogP contribution in [0.1, 0.15) is 24.9 Å². The first-order valence-electron chi connectivity index (χ1n) is 7.00. The quantitative estimate of drug-likeness (QED) is 0.717. The second-order valence-electron chi connectivity index (χ2n) is 4.68. The topological polar surface area (TPSA) is 68.0 Å². The van der Waals surface area contributed by atoms with Gasteiger partial charge >= 0.3 is 0 Å². The molecule has 0 spiro atoms. The predicted molar refractivity (Wildman–Crippen MR) is 80.3 cm³/mol. The number of para-hydroxylation sites is 1. The van der Waals surface area contributed by atoms with Crippen LogP contribution in [0.2, 0.25) is 0 Å². The van der Waals surface area contributed by atoms with E-state index in [1.165, 1.54) is 0 Å². The molecule has 0 aliphatic rings. The van der Waals surface area contributed by atoms with Crippen molar-refractivity contribution in [2.24, 2.45) is 5.73 Å². The first-order valence-corrected chi connectivity index (χ1v) is 7.00. The molecule has 1 atom stereocenters. The van der Waals surface area contributed by atoms with Crippen molar-refractivity contribution >= 4 is 0 Å². The summed E-state index contributed by atoms with van der Waals surface area (Å²) in [6.07, 6.45) is 0.928. The van der Waals surface area contributed by atoms with Crippen molar-refractivity contribution in [3.63, 3.8) is 0 Å². The highest BCUT2D eigenvalue weighted by molar-refractivity contribution is 5.48. The highest BCUT2D eigenvalue weighted by atomic mass is 16.5. The number of rotatable bonds is 9. The second kappa shape index (κ2) is 8.79. The monoisotopic (exact) mass is 282 g/mol. The Morgan fingerprint density at radius 2 is 2.15 bits per heavy atom. The van der Waals surface area contributed by atoms with Gasteiger partial charge in [-0.3, -0.25) is 4.90 Å². The smallest absolute Gasteiger partial charge is 0.165 e. The summed E-state index contributed by atoms with van der Waals surface area (Å²) in [5, 5.41) is 9.10. The van der Waals surface area contributed by atoms with Crippen LogP contribution < -0.4 is 15.2 Å². The summed E-state index contributed by atoms with van der Waals surface area (Å²) < 4.78 is 11.2. The second-order valence-corrected chi connectivity index (χ2v) is 4.68. The Balaban J connectivity index is 3.12. The number of aliphatic hydroxyl groups excluding tert-OH is 1. The molecule has 114 valence electrons. The summed E-state index contributed by atoms with van der Waals surface area (Å²) in [6, 6.07) is 5.80. The third-order valence-electron chi connectivity index (χ3n) is 3.25. The molecule has 1 aromatic rings. The molecule has 0 radical (unpaired) electrons. The minimum atomic E-state index is -0.0101. The third kappa shape index (κ3) is 4.10. The Morgan fingerprint density at radius 1 is 1.40 bits per heavy atom. The summed E-state index contributed by atoms with van der Waals surface area (Å²) in [4.78, 5) is 2.02. The lowest BCUT2D eigenvalue weighted by molar-refractivity contribution is 0.179. The summed E-state index contributed by atoms with van der Waals surface area (Å²) >= 11 is 0. The van der Waals surface area contributed by atoms with Gasteiger partial charge in [-0.05, 0) is 19.5 Å². The molecule has 1 aromatic carbocycles. The molecular weight excluding hydrogens is 256 g/mol. The van der Waals surface area contributed by atoms with E-state index in [9.17, 15) is 0 Å². The normalized spacial score (nSPS) is 12.5. The average Bonchev–Trinajstić information content (AvgIpc) is 2.46. The maximum Gasteiger partial charge on any atom is 0.165 e. The molecule has 0 aliphatic heterocycles. The maximum absolute atomic E-state index is 9.10. The van der Waals surface area contributed by atoms with Gasteiger partial charge in [0.05, 0.1) is 26.4 Å². The highest BCUT2D eigenvalue weighted by Crippen LogP contribution is 2.36. The molecule has 3 N–H and O–H groups in total. The molecule has 0 bridgehead atoms. The molecule has 0 aliphatic carbocycles. The molecule has 1 rings (SSSR count). The van der Waals surface area contributed by atoms with E-state index in [2.05, 4.69) is 6.92 Å². The van der Waals surface area contributed by atoms with Crippen LogP contribution >= 0.6 is 0 Å². The largest absolute Gasteiger partial charge is 0.493 e. The third-order valence-corrected chi connectivity index (χ3v) is 3.25. The van der Waals surface area contributed by atoms with Crippen LogP contribution in [0, 0.1) is 0 Å². The van der Waals surface area contributed by atoms with E-state index >= 15 is 0 Å². The van der Waals surface area contributed by atoms with Crippen LogP contribution in [0.3, 0.4) is 0 Å². The number of ether oxygens (including phenoxy) is 2. The molecule has 20 heavy (non-hydrogen) atoms. The van der Waals surface area contributed by atoms with Crippen LogP contribution in [-0.2, 0) is 0 Å².